The molecule has 1 N–H and O–H groups in total. The molecule has 1 atom stereocenters. The summed E-state index contributed by atoms with van der Waals surface area (Å²) in [6, 6.07) is 10.6. The van der Waals surface area contributed by atoms with Gasteiger partial charge in [-0.3, -0.25) is 4.79 Å². The highest BCUT2D eigenvalue weighted by molar-refractivity contribution is 7.99. The Morgan fingerprint density at radius 1 is 1.40 bits per heavy atom. The third kappa shape index (κ3) is 3.69. The van der Waals surface area contributed by atoms with Crippen LogP contribution in [0, 0.1) is 5.41 Å². The molecule has 0 spiro atoms. The number of aliphatic carboxylic acids is 1. The molecule has 1 aromatic carbocycles. The number of carboxylic acid groups (broad SMARTS) is 1. The summed E-state index contributed by atoms with van der Waals surface area (Å²) in [7, 11) is 0. The number of hydrogen-bond donors (Lipinski definition) is 1. The summed E-state index contributed by atoms with van der Waals surface area (Å²) in [4.78, 5) is 13.2. The zero-order valence-corrected chi connectivity index (χ0v) is 13.0. The standard InChI is InChI=1S/C16H23NO2S/c1-16(2)9-11-20-12-14(16)17(10-8-15(18)19)13-6-4-3-5-7-13/h3-7,14H,8-12H2,1-2H3,(H,18,19). The molecule has 4 heteroatoms. The van der Waals surface area contributed by atoms with Crippen LogP contribution in [0.4, 0.5) is 5.69 Å². The first-order valence-electron chi connectivity index (χ1n) is 7.12. The molecule has 0 aliphatic carbocycles. The molecular formula is C16H23NO2S. The summed E-state index contributed by atoms with van der Waals surface area (Å²) >= 11 is 1.97. The van der Waals surface area contributed by atoms with E-state index in [1.165, 1.54) is 12.2 Å². The monoisotopic (exact) mass is 293 g/mol. The number of nitrogens with zero attached hydrogens (tertiary/aromatic N) is 1. The Kier molecular flexibility index (Phi) is 4.97. The molecule has 1 aromatic rings. The molecule has 1 unspecified atom stereocenters. The number of carboxylic acids is 1. The Hall–Kier alpha value is -1.16. The number of anilines is 1. The zero-order chi connectivity index (χ0) is 14.6. The van der Waals surface area contributed by atoms with Gasteiger partial charge in [-0.25, -0.2) is 0 Å². The molecule has 1 aliphatic rings. The fourth-order valence-electron chi connectivity index (χ4n) is 2.73. The Morgan fingerprint density at radius 2 is 2.10 bits per heavy atom. The molecule has 3 nitrogen and oxygen atoms in total. The maximum absolute atomic E-state index is 10.9. The molecule has 1 fully saturated rings. The Labute approximate surface area is 125 Å². The fraction of sp³-hybridized carbons (Fsp3) is 0.562. The van der Waals surface area contributed by atoms with Crippen molar-refractivity contribution < 1.29 is 9.90 Å². The van der Waals surface area contributed by atoms with E-state index < -0.39 is 5.97 Å². The second-order valence-electron chi connectivity index (χ2n) is 6.00. The lowest BCUT2D eigenvalue weighted by Crippen LogP contribution is -2.50. The van der Waals surface area contributed by atoms with Gasteiger partial charge in [0, 0.05) is 24.0 Å². The molecule has 1 aliphatic heterocycles. The minimum Gasteiger partial charge on any atom is -0.481 e. The highest BCUT2D eigenvalue weighted by Crippen LogP contribution is 2.39. The Morgan fingerprint density at radius 3 is 2.70 bits per heavy atom. The van der Waals surface area contributed by atoms with Crippen molar-refractivity contribution in [3.63, 3.8) is 0 Å². The smallest absolute Gasteiger partial charge is 0.305 e. The van der Waals surface area contributed by atoms with Crippen molar-refractivity contribution >= 4 is 23.4 Å². The quantitative estimate of drug-likeness (QED) is 0.902. The van der Waals surface area contributed by atoms with Crippen LogP contribution in [0.5, 0.6) is 0 Å². The number of thioether (sulfide) groups is 1. The van der Waals surface area contributed by atoms with Gasteiger partial charge in [-0.05, 0) is 29.7 Å². The second kappa shape index (κ2) is 6.53. The molecule has 0 aromatic heterocycles. The van der Waals surface area contributed by atoms with E-state index in [0.717, 1.165) is 11.4 Å². The average Bonchev–Trinajstić information content (AvgIpc) is 2.41. The van der Waals surface area contributed by atoms with Crippen LogP contribution >= 0.6 is 11.8 Å². The molecule has 1 heterocycles. The number of benzene rings is 1. The van der Waals surface area contributed by atoms with Gasteiger partial charge in [0.05, 0.1) is 6.42 Å². The minimum atomic E-state index is -0.729. The normalized spacial score (nSPS) is 21.4. The third-order valence-electron chi connectivity index (χ3n) is 4.10. The molecule has 0 saturated carbocycles. The number of rotatable bonds is 5. The van der Waals surface area contributed by atoms with Gasteiger partial charge in [0.2, 0.25) is 0 Å². The van der Waals surface area contributed by atoms with Crippen LogP contribution in [0.1, 0.15) is 26.7 Å². The summed E-state index contributed by atoms with van der Waals surface area (Å²) < 4.78 is 0. The molecule has 0 bridgehead atoms. The molecule has 0 radical (unpaired) electrons. The van der Waals surface area contributed by atoms with Crippen molar-refractivity contribution in [1.82, 2.24) is 0 Å². The fourth-order valence-corrected chi connectivity index (χ4v) is 4.43. The lowest BCUT2D eigenvalue weighted by Gasteiger charge is -2.46. The van der Waals surface area contributed by atoms with Gasteiger partial charge in [0.1, 0.15) is 0 Å². The molecular weight excluding hydrogens is 270 g/mol. The highest BCUT2D eigenvalue weighted by atomic mass is 32.2. The first-order chi connectivity index (χ1) is 9.50. The topological polar surface area (TPSA) is 40.5 Å². The van der Waals surface area contributed by atoms with Gasteiger partial charge < -0.3 is 10.0 Å². The van der Waals surface area contributed by atoms with Gasteiger partial charge in [-0.15, -0.1) is 0 Å². The van der Waals surface area contributed by atoms with Crippen LogP contribution in [0.3, 0.4) is 0 Å². The van der Waals surface area contributed by atoms with Crippen molar-refractivity contribution in [2.75, 3.05) is 23.0 Å². The van der Waals surface area contributed by atoms with Crippen molar-refractivity contribution in [3.8, 4) is 0 Å². The van der Waals surface area contributed by atoms with E-state index in [9.17, 15) is 4.79 Å². The van der Waals surface area contributed by atoms with Crippen molar-refractivity contribution in [3.05, 3.63) is 30.3 Å². The van der Waals surface area contributed by atoms with E-state index >= 15 is 0 Å². The summed E-state index contributed by atoms with van der Waals surface area (Å²) in [6.45, 7) is 5.18. The number of carbonyl (C=O) groups is 1. The summed E-state index contributed by atoms with van der Waals surface area (Å²) in [5.74, 6) is 1.54. The van der Waals surface area contributed by atoms with Crippen LogP contribution in [-0.2, 0) is 4.79 Å². The van der Waals surface area contributed by atoms with E-state index in [4.69, 9.17) is 5.11 Å². The molecule has 110 valence electrons. The number of hydrogen-bond acceptors (Lipinski definition) is 3. The Balaban J connectivity index is 2.23. The van der Waals surface area contributed by atoms with Crippen LogP contribution in [0.25, 0.3) is 0 Å². The first-order valence-corrected chi connectivity index (χ1v) is 8.27. The maximum atomic E-state index is 10.9. The summed E-state index contributed by atoms with van der Waals surface area (Å²) in [6.07, 6.45) is 1.37. The van der Waals surface area contributed by atoms with Gasteiger partial charge >= 0.3 is 5.97 Å². The minimum absolute atomic E-state index is 0.187. The van der Waals surface area contributed by atoms with Crippen LogP contribution < -0.4 is 4.90 Å². The highest BCUT2D eigenvalue weighted by Gasteiger charge is 2.36. The first kappa shape index (κ1) is 15.2. The molecule has 0 amide bonds. The average molecular weight is 293 g/mol. The van der Waals surface area contributed by atoms with Crippen molar-refractivity contribution in [1.29, 1.82) is 0 Å². The van der Waals surface area contributed by atoms with Crippen molar-refractivity contribution in [2.45, 2.75) is 32.7 Å². The molecule has 1 saturated heterocycles. The largest absolute Gasteiger partial charge is 0.481 e. The number of para-hydroxylation sites is 1. The lowest BCUT2D eigenvalue weighted by molar-refractivity contribution is -0.136. The van der Waals surface area contributed by atoms with E-state index in [1.807, 2.05) is 30.0 Å². The van der Waals surface area contributed by atoms with E-state index in [-0.39, 0.29) is 11.8 Å². The lowest BCUT2D eigenvalue weighted by atomic mass is 9.81. The SMILES string of the molecule is CC1(C)CCSCC1N(CCC(=O)O)c1ccccc1. The van der Waals surface area contributed by atoms with E-state index in [2.05, 4.69) is 30.9 Å². The summed E-state index contributed by atoms with van der Waals surface area (Å²) in [5, 5.41) is 9.01. The van der Waals surface area contributed by atoms with Gasteiger partial charge in [0.15, 0.2) is 0 Å². The predicted octanol–water partition coefficient (Wildman–Crippen LogP) is 3.50. The second-order valence-corrected chi connectivity index (χ2v) is 7.15. The van der Waals surface area contributed by atoms with E-state index in [1.54, 1.807) is 0 Å². The maximum Gasteiger partial charge on any atom is 0.305 e. The van der Waals surface area contributed by atoms with Crippen LogP contribution in [0.15, 0.2) is 30.3 Å². The van der Waals surface area contributed by atoms with Gasteiger partial charge in [-0.1, -0.05) is 32.0 Å². The molecule has 2 rings (SSSR count). The Bertz CT molecular complexity index is 447. The third-order valence-corrected chi connectivity index (χ3v) is 5.14. The summed E-state index contributed by atoms with van der Waals surface area (Å²) in [5.41, 5.74) is 1.36. The van der Waals surface area contributed by atoms with Crippen LogP contribution in [-0.4, -0.2) is 35.2 Å². The van der Waals surface area contributed by atoms with Gasteiger partial charge in [0.25, 0.3) is 0 Å². The predicted molar refractivity (Wildman–Crippen MR) is 85.6 cm³/mol. The van der Waals surface area contributed by atoms with Gasteiger partial charge in [-0.2, -0.15) is 11.8 Å². The van der Waals surface area contributed by atoms with E-state index in [0.29, 0.717) is 12.6 Å². The zero-order valence-electron chi connectivity index (χ0n) is 12.2. The molecule has 20 heavy (non-hydrogen) atoms. The van der Waals surface area contributed by atoms with Crippen LogP contribution in [0.2, 0.25) is 0 Å². The van der Waals surface area contributed by atoms with Crippen molar-refractivity contribution in [2.24, 2.45) is 5.41 Å².